The summed E-state index contributed by atoms with van der Waals surface area (Å²) >= 11 is 0. The molecule has 0 aliphatic carbocycles. The SMILES string of the molecule is CCc1cnn2c(NCc3ccc(-c4ccccn4)cc3)nc(NC(CO)C(O)CO)nc12. The van der Waals surface area contributed by atoms with Crippen LogP contribution >= 0.6 is 0 Å². The number of aryl methyl sites for hydroxylation is 1. The number of anilines is 2. The molecule has 10 nitrogen and oxygen atoms in total. The minimum absolute atomic E-state index is 0.220. The van der Waals surface area contributed by atoms with Gasteiger partial charge >= 0.3 is 0 Å². The Balaban J connectivity index is 1.57. The third kappa shape index (κ3) is 5.08. The van der Waals surface area contributed by atoms with E-state index in [1.807, 2.05) is 49.4 Å². The lowest BCUT2D eigenvalue weighted by molar-refractivity contribution is 0.0610. The molecule has 3 aromatic heterocycles. The van der Waals surface area contributed by atoms with Gasteiger partial charge in [-0.2, -0.15) is 19.6 Å². The summed E-state index contributed by atoms with van der Waals surface area (Å²) in [5.74, 6) is 0.684. The van der Waals surface area contributed by atoms with Gasteiger partial charge in [-0.05, 0) is 24.1 Å². The number of hydrogen-bond donors (Lipinski definition) is 5. The first-order valence-electron chi connectivity index (χ1n) is 10.8. The van der Waals surface area contributed by atoms with Crippen molar-refractivity contribution >= 4 is 17.5 Å². The molecule has 0 bridgehead atoms. The topological polar surface area (TPSA) is 141 Å². The molecule has 33 heavy (non-hydrogen) atoms. The molecule has 0 saturated heterocycles. The third-order valence-corrected chi connectivity index (χ3v) is 5.35. The van der Waals surface area contributed by atoms with Crippen LogP contribution in [0.5, 0.6) is 0 Å². The fourth-order valence-electron chi connectivity index (χ4n) is 3.42. The molecule has 2 atom stereocenters. The average Bonchev–Trinajstić information content (AvgIpc) is 3.29. The number of aliphatic hydroxyl groups is 3. The van der Waals surface area contributed by atoms with Gasteiger partial charge in [-0.1, -0.05) is 37.3 Å². The monoisotopic (exact) mass is 449 g/mol. The van der Waals surface area contributed by atoms with Crippen LogP contribution in [-0.4, -0.2) is 65.2 Å². The number of nitrogens with one attached hydrogen (secondary N) is 2. The maximum atomic E-state index is 9.91. The number of rotatable bonds is 10. The second kappa shape index (κ2) is 10.3. The number of hydrogen-bond acceptors (Lipinski definition) is 9. The van der Waals surface area contributed by atoms with E-state index in [1.54, 1.807) is 16.9 Å². The molecular weight excluding hydrogens is 422 g/mol. The second-order valence-corrected chi connectivity index (χ2v) is 7.58. The highest BCUT2D eigenvalue weighted by atomic mass is 16.3. The van der Waals surface area contributed by atoms with E-state index in [9.17, 15) is 15.3 Å². The minimum atomic E-state index is -1.15. The summed E-state index contributed by atoms with van der Waals surface area (Å²) in [6.07, 6.45) is 3.09. The summed E-state index contributed by atoms with van der Waals surface area (Å²) in [4.78, 5) is 13.4. The van der Waals surface area contributed by atoms with Crippen LogP contribution in [0.3, 0.4) is 0 Å². The minimum Gasteiger partial charge on any atom is -0.394 e. The molecule has 0 radical (unpaired) electrons. The van der Waals surface area contributed by atoms with Crippen molar-refractivity contribution in [2.45, 2.75) is 32.0 Å². The van der Waals surface area contributed by atoms with Crippen molar-refractivity contribution in [3.8, 4) is 11.3 Å². The van der Waals surface area contributed by atoms with E-state index in [0.29, 0.717) is 18.1 Å². The Morgan fingerprint density at radius 3 is 2.52 bits per heavy atom. The fourth-order valence-corrected chi connectivity index (χ4v) is 3.42. The average molecular weight is 450 g/mol. The Labute approximate surface area is 191 Å². The van der Waals surface area contributed by atoms with Crippen LogP contribution in [0.15, 0.2) is 54.9 Å². The molecule has 0 fully saturated rings. The summed E-state index contributed by atoms with van der Waals surface area (Å²) in [6, 6.07) is 13.1. The van der Waals surface area contributed by atoms with Crippen LogP contribution < -0.4 is 10.6 Å². The van der Waals surface area contributed by atoms with Crippen molar-refractivity contribution in [3.05, 3.63) is 66.0 Å². The van der Waals surface area contributed by atoms with Crippen molar-refractivity contribution in [3.63, 3.8) is 0 Å². The molecule has 10 heteroatoms. The first-order valence-corrected chi connectivity index (χ1v) is 10.8. The molecule has 3 heterocycles. The molecule has 0 spiro atoms. The largest absolute Gasteiger partial charge is 0.394 e. The van der Waals surface area contributed by atoms with Crippen LogP contribution in [0, 0.1) is 0 Å². The van der Waals surface area contributed by atoms with Crippen LogP contribution in [0.25, 0.3) is 16.9 Å². The predicted molar refractivity (Wildman–Crippen MR) is 125 cm³/mol. The molecule has 2 unspecified atom stereocenters. The van der Waals surface area contributed by atoms with E-state index in [-0.39, 0.29) is 12.6 Å². The Morgan fingerprint density at radius 1 is 1.03 bits per heavy atom. The van der Waals surface area contributed by atoms with Gasteiger partial charge in [0, 0.05) is 23.9 Å². The van der Waals surface area contributed by atoms with Gasteiger partial charge in [0.25, 0.3) is 0 Å². The molecule has 172 valence electrons. The van der Waals surface area contributed by atoms with Gasteiger partial charge in [0.1, 0.15) is 0 Å². The summed E-state index contributed by atoms with van der Waals surface area (Å²) in [7, 11) is 0. The fraction of sp³-hybridized carbons (Fsp3) is 0.304. The lowest BCUT2D eigenvalue weighted by Crippen LogP contribution is -2.39. The van der Waals surface area contributed by atoms with Gasteiger partial charge in [0.2, 0.25) is 11.9 Å². The Bertz CT molecular complexity index is 1180. The standard InChI is InChI=1S/C23H27N7O3/c1-2-16-12-26-30-21(16)28-22(27-19(13-31)20(33)14-32)29-23(30)25-11-15-6-8-17(9-7-15)18-5-3-4-10-24-18/h3-10,12,19-20,31-33H,2,11,13-14H2,1H3,(H2,25,27,28,29). The van der Waals surface area contributed by atoms with Gasteiger partial charge in [-0.15, -0.1) is 0 Å². The summed E-state index contributed by atoms with van der Waals surface area (Å²) < 4.78 is 1.63. The van der Waals surface area contributed by atoms with E-state index in [0.717, 1.165) is 28.8 Å². The zero-order chi connectivity index (χ0) is 23.2. The van der Waals surface area contributed by atoms with E-state index in [2.05, 4.69) is 30.7 Å². The van der Waals surface area contributed by atoms with Gasteiger partial charge in [-0.3, -0.25) is 4.98 Å². The molecular formula is C23H27N7O3. The van der Waals surface area contributed by atoms with E-state index >= 15 is 0 Å². The maximum Gasteiger partial charge on any atom is 0.229 e. The van der Waals surface area contributed by atoms with Gasteiger partial charge in [0.05, 0.1) is 37.3 Å². The molecule has 4 aromatic rings. The van der Waals surface area contributed by atoms with Crippen LogP contribution in [0.4, 0.5) is 11.9 Å². The highest BCUT2D eigenvalue weighted by Gasteiger charge is 2.20. The normalized spacial score (nSPS) is 13.1. The lowest BCUT2D eigenvalue weighted by atomic mass is 10.1. The van der Waals surface area contributed by atoms with Gasteiger partial charge in [0.15, 0.2) is 5.65 Å². The van der Waals surface area contributed by atoms with Crippen molar-refractivity contribution < 1.29 is 15.3 Å². The smallest absolute Gasteiger partial charge is 0.229 e. The second-order valence-electron chi connectivity index (χ2n) is 7.58. The van der Waals surface area contributed by atoms with Crippen LogP contribution in [0.1, 0.15) is 18.1 Å². The summed E-state index contributed by atoms with van der Waals surface area (Å²) in [5.41, 5.74) is 4.55. The van der Waals surface area contributed by atoms with Gasteiger partial charge < -0.3 is 26.0 Å². The third-order valence-electron chi connectivity index (χ3n) is 5.35. The number of aliphatic hydroxyl groups excluding tert-OH is 3. The lowest BCUT2D eigenvalue weighted by Gasteiger charge is -2.21. The zero-order valence-electron chi connectivity index (χ0n) is 18.3. The van der Waals surface area contributed by atoms with Crippen molar-refractivity contribution in [1.82, 2.24) is 24.6 Å². The first-order chi connectivity index (χ1) is 16.1. The van der Waals surface area contributed by atoms with Crippen LogP contribution in [-0.2, 0) is 13.0 Å². The highest BCUT2D eigenvalue weighted by molar-refractivity contribution is 5.59. The van der Waals surface area contributed by atoms with Gasteiger partial charge in [-0.25, -0.2) is 0 Å². The molecule has 0 aliphatic rings. The number of nitrogens with zero attached hydrogens (tertiary/aromatic N) is 5. The van der Waals surface area contributed by atoms with E-state index < -0.39 is 18.8 Å². The first kappa shape index (κ1) is 22.6. The summed E-state index contributed by atoms with van der Waals surface area (Å²) in [5, 5.41) is 39.3. The van der Waals surface area contributed by atoms with Crippen molar-refractivity contribution in [1.29, 1.82) is 0 Å². The molecule has 0 aliphatic heterocycles. The number of aromatic nitrogens is 5. The molecule has 0 saturated carbocycles. The number of benzene rings is 1. The number of fused-ring (bicyclic) bond motifs is 1. The molecule has 5 N–H and O–H groups in total. The summed E-state index contributed by atoms with van der Waals surface area (Å²) in [6.45, 7) is 1.63. The Hall–Kier alpha value is -3.60. The van der Waals surface area contributed by atoms with Crippen LogP contribution in [0.2, 0.25) is 0 Å². The highest BCUT2D eigenvalue weighted by Crippen LogP contribution is 2.19. The molecule has 0 amide bonds. The molecule has 1 aromatic carbocycles. The molecule has 4 rings (SSSR count). The maximum absolute atomic E-state index is 9.91. The predicted octanol–water partition coefficient (Wildman–Crippen LogP) is 1.49. The quantitative estimate of drug-likeness (QED) is 0.243. The number of pyridine rings is 1. The Morgan fingerprint density at radius 2 is 1.85 bits per heavy atom. The van der Waals surface area contributed by atoms with Crippen molar-refractivity contribution in [2.24, 2.45) is 0 Å². The van der Waals surface area contributed by atoms with Crippen molar-refractivity contribution in [2.75, 3.05) is 23.8 Å². The Kier molecular flexibility index (Phi) is 7.08. The van der Waals surface area contributed by atoms with E-state index in [1.165, 1.54) is 0 Å². The van der Waals surface area contributed by atoms with E-state index in [4.69, 9.17) is 0 Å². The zero-order valence-corrected chi connectivity index (χ0v) is 18.3.